The zero-order chi connectivity index (χ0) is 37.6. The van der Waals surface area contributed by atoms with Gasteiger partial charge in [0.25, 0.3) is 0 Å². The fourth-order valence-corrected chi connectivity index (χ4v) is 7.36. The van der Waals surface area contributed by atoms with Crippen molar-refractivity contribution in [2.24, 2.45) is 0 Å². The van der Waals surface area contributed by atoms with E-state index in [1.807, 2.05) is 36.9 Å². The molecule has 1 N–H and O–H groups in total. The van der Waals surface area contributed by atoms with Crippen LogP contribution in [0.3, 0.4) is 0 Å². The van der Waals surface area contributed by atoms with E-state index in [9.17, 15) is 28.3 Å². The van der Waals surface area contributed by atoms with Crippen LogP contribution in [0.15, 0.2) is 34.1 Å². The number of likely N-dealkylation sites (N-methyl/N-ethyl adjacent to an activating group) is 2. The van der Waals surface area contributed by atoms with Crippen LogP contribution in [-0.4, -0.2) is 110 Å². The maximum absolute atomic E-state index is 15.0. The van der Waals surface area contributed by atoms with Gasteiger partial charge in [-0.05, 0) is 47.0 Å². The van der Waals surface area contributed by atoms with Crippen molar-refractivity contribution < 1.29 is 28.2 Å². The largest absolute Gasteiger partial charge is 0.487 e. The molecular formula is C36H43F2I3N6O6. The van der Waals surface area contributed by atoms with Crippen molar-refractivity contribution in [3.8, 4) is 11.5 Å². The van der Waals surface area contributed by atoms with Crippen molar-refractivity contribution in [2.45, 2.75) is 32.9 Å². The highest BCUT2D eigenvalue weighted by Crippen LogP contribution is 2.43. The average Bonchev–Trinajstić information content (AvgIpc) is 3.12. The molecule has 2 aromatic carbocycles. The molecule has 0 amide bonds. The lowest BCUT2D eigenvalue weighted by Gasteiger charge is -2.37. The Morgan fingerprint density at radius 2 is 1.13 bits per heavy atom. The fourth-order valence-electron chi connectivity index (χ4n) is 7.36. The van der Waals surface area contributed by atoms with Gasteiger partial charge in [0.15, 0.2) is 28.6 Å². The maximum Gasteiger partial charge on any atom is 0.341 e. The van der Waals surface area contributed by atoms with E-state index in [1.165, 1.54) is 12.3 Å². The first-order valence-electron chi connectivity index (χ1n) is 17.1. The predicted molar refractivity (Wildman–Crippen MR) is 231 cm³/mol. The third-order valence-corrected chi connectivity index (χ3v) is 10.3. The summed E-state index contributed by atoms with van der Waals surface area (Å²) < 4.78 is 45.5. The molecule has 2 fully saturated rings. The fraction of sp³-hybridized carbons (Fsp3) is 0.472. The highest BCUT2D eigenvalue weighted by molar-refractivity contribution is 15.0. The molecule has 2 saturated heterocycles. The van der Waals surface area contributed by atoms with E-state index in [1.54, 1.807) is 11.5 Å². The first-order valence-corrected chi connectivity index (χ1v) is 23.4. The normalized spacial score (nSPS) is 19.6. The van der Waals surface area contributed by atoms with Crippen molar-refractivity contribution in [2.75, 3.05) is 89.5 Å². The smallest absolute Gasteiger partial charge is 0.341 e. The second-order valence-corrected chi connectivity index (χ2v) is 13.9. The van der Waals surface area contributed by atoms with Gasteiger partial charge < -0.3 is 43.3 Å². The third-order valence-electron chi connectivity index (χ3n) is 10.3. The summed E-state index contributed by atoms with van der Waals surface area (Å²) in [5.74, 6) is -1.39. The van der Waals surface area contributed by atoms with Gasteiger partial charge in [0.2, 0.25) is 5.43 Å². The molecule has 0 saturated carbocycles. The highest BCUT2D eigenvalue weighted by atomic mass is 128. The summed E-state index contributed by atoms with van der Waals surface area (Å²) in [5.41, 5.74) is 1.51. The van der Waals surface area contributed by atoms with Crippen LogP contribution in [0.2, 0.25) is 0 Å². The number of aryl methyl sites for hydroxylation is 1. The molecule has 0 spiro atoms. The van der Waals surface area contributed by atoms with E-state index >= 15 is 0 Å². The Morgan fingerprint density at radius 1 is 0.736 bits per heavy atom. The predicted octanol–water partition coefficient (Wildman–Crippen LogP) is 6.09. The van der Waals surface area contributed by atoms with E-state index in [2.05, 4.69) is 58.6 Å². The lowest BCUT2D eigenvalue weighted by Crippen LogP contribution is -2.45. The minimum Gasteiger partial charge on any atom is -0.487 e. The van der Waals surface area contributed by atoms with Gasteiger partial charge in [-0.3, -0.25) is 9.59 Å². The standard InChI is InChI=1S/C18H20FN3O4.C18H22FN3O2.I2.HI/c1-10-9-26-17-14-11(16(23)12(18(24)25)8-22(10)14)7-13(19)15(17)21-5-3-20(2)4-6-21;1-11-9-22-12(2)10-24-18-15(22)13(17(11)23)8-14(19)16(18)21-6-4-20(3)5-7-21;1-2;/h7-8,10H,3-6,9H2,1-2H3,(H,24,25);8-9,12H,4-7,10H2,1-3H3;;1H/t10-;12-;;/m00../s1. The summed E-state index contributed by atoms with van der Waals surface area (Å²) in [6.07, 6.45) is 3.21. The SMILES string of the molecule is C[C@H]1COc2c(N3CCN(C)CC3)c(F)cc3c(=O)c(C(=O)O)cn1c23.Cc1cn2c3c(c(N4CCN(C)CC4)c(F)cc3c1=O)OC[C@@H]2C.I.II. The number of anilines is 2. The van der Waals surface area contributed by atoms with Gasteiger partial charge in [0, 0.05) is 108 Å². The zero-order valence-electron chi connectivity index (χ0n) is 30.1. The van der Waals surface area contributed by atoms with Crippen LogP contribution >= 0.6 is 61.2 Å². The number of halogens is 5. The van der Waals surface area contributed by atoms with E-state index in [-0.39, 0.29) is 64.9 Å². The number of piperazine rings is 2. The van der Waals surface area contributed by atoms with Crippen molar-refractivity contribution in [3.05, 3.63) is 67.7 Å². The third kappa shape index (κ3) is 7.82. The monoisotopic (exact) mass is 1070 g/mol. The van der Waals surface area contributed by atoms with Crippen molar-refractivity contribution in [3.63, 3.8) is 0 Å². The number of ether oxygens (including phenoxy) is 2. The van der Waals surface area contributed by atoms with E-state index in [0.717, 1.165) is 50.9 Å². The molecule has 0 radical (unpaired) electrons. The molecule has 6 heterocycles. The van der Waals surface area contributed by atoms with Gasteiger partial charge in [0.05, 0.1) is 33.9 Å². The van der Waals surface area contributed by atoms with Crippen molar-refractivity contribution >= 4 is 100 Å². The number of rotatable bonds is 3. The molecule has 0 aliphatic carbocycles. The number of pyridine rings is 2. The van der Waals surface area contributed by atoms with Crippen LogP contribution in [0, 0.1) is 18.6 Å². The van der Waals surface area contributed by atoms with Gasteiger partial charge in [-0.15, -0.1) is 24.0 Å². The molecule has 4 aliphatic rings. The topological polar surface area (TPSA) is 113 Å². The second-order valence-electron chi connectivity index (χ2n) is 13.9. The molecule has 0 unspecified atom stereocenters. The number of nitrogens with zero attached hydrogens (tertiary/aromatic N) is 6. The maximum atomic E-state index is 15.0. The van der Waals surface area contributed by atoms with E-state index in [0.29, 0.717) is 59.0 Å². The van der Waals surface area contributed by atoms with E-state index < -0.39 is 17.2 Å². The number of hydrogen-bond donors (Lipinski definition) is 1. The number of carboxylic acid groups (broad SMARTS) is 1. The summed E-state index contributed by atoms with van der Waals surface area (Å²) in [7, 11) is 4.08. The van der Waals surface area contributed by atoms with Crippen LogP contribution in [-0.2, 0) is 0 Å². The van der Waals surface area contributed by atoms with Crippen LogP contribution in [0.25, 0.3) is 21.8 Å². The summed E-state index contributed by atoms with van der Waals surface area (Å²) >= 11 is 4.24. The molecule has 17 heteroatoms. The summed E-state index contributed by atoms with van der Waals surface area (Å²) in [6, 6.07) is 2.50. The lowest BCUT2D eigenvalue weighted by molar-refractivity contribution is 0.0694. The number of benzene rings is 2. The van der Waals surface area contributed by atoms with Gasteiger partial charge in [0.1, 0.15) is 30.2 Å². The molecule has 4 aromatic rings. The summed E-state index contributed by atoms with van der Waals surface area (Å²) in [4.78, 5) is 44.9. The molecule has 53 heavy (non-hydrogen) atoms. The minimum absolute atomic E-state index is 0. The van der Waals surface area contributed by atoms with Crippen molar-refractivity contribution in [1.82, 2.24) is 18.9 Å². The summed E-state index contributed by atoms with van der Waals surface area (Å²) in [6.45, 7) is 12.6. The van der Waals surface area contributed by atoms with Gasteiger partial charge >= 0.3 is 5.97 Å². The number of aromatic nitrogens is 2. The van der Waals surface area contributed by atoms with Gasteiger partial charge in [-0.1, -0.05) is 0 Å². The number of hydrogen-bond acceptors (Lipinski definition) is 9. The number of carbonyl (C=O) groups is 1. The quantitative estimate of drug-likeness (QED) is 0.242. The van der Waals surface area contributed by atoms with Gasteiger partial charge in [-0.2, -0.15) is 0 Å². The van der Waals surface area contributed by atoms with Crippen LogP contribution in [0.5, 0.6) is 11.5 Å². The molecule has 2 atom stereocenters. The Labute approximate surface area is 346 Å². The Hall–Kier alpha value is -2.50. The highest BCUT2D eigenvalue weighted by Gasteiger charge is 2.32. The van der Waals surface area contributed by atoms with Gasteiger partial charge in [-0.25, -0.2) is 13.6 Å². The Morgan fingerprint density at radius 3 is 1.55 bits per heavy atom. The molecule has 12 nitrogen and oxygen atoms in total. The molecule has 0 bridgehead atoms. The number of aromatic carboxylic acids is 1. The molecule has 4 aliphatic heterocycles. The summed E-state index contributed by atoms with van der Waals surface area (Å²) in [5, 5.41) is 9.77. The van der Waals surface area contributed by atoms with E-state index in [4.69, 9.17) is 9.47 Å². The Bertz CT molecular complexity index is 2150. The Balaban J connectivity index is 0.000000192. The molecule has 288 valence electrons. The first-order chi connectivity index (χ1) is 24.8. The van der Waals surface area contributed by atoms with Crippen LogP contribution in [0.1, 0.15) is 41.9 Å². The van der Waals surface area contributed by atoms with Crippen LogP contribution < -0.4 is 30.1 Å². The van der Waals surface area contributed by atoms with Crippen molar-refractivity contribution in [1.29, 1.82) is 0 Å². The Kier molecular flexibility index (Phi) is 13.4. The second kappa shape index (κ2) is 17.1. The molecule has 2 aromatic heterocycles. The average molecular weight is 1070 g/mol. The lowest BCUT2D eigenvalue weighted by atomic mass is 10.1. The molecular weight excluding hydrogens is 1030 g/mol. The number of carboxylic acids is 1. The minimum atomic E-state index is -1.32. The molecule has 8 rings (SSSR count). The first kappa shape index (κ1) is 41.7. The zero-order valence-corrected chi connectivity index (χ0v) is 36.8. The van der Waals surface area contributed by atoms with Crippen LogP contribution in [0.4, 0.5) is 20.2 Å².